The first-order valence-corrected chi connectivity index (χ1v) is 7.60. The van der Waals surface area contributed by atoms with Crippen LogP contribution in [0.4, 0.5) is 5.69 Å². The summed E-state index contributed by atoms with van der Waals surface area (Å²) >= 11 is 0. The van der Waals surface area contributed by atoms with Gasteiger partial charge in [-0.3, -0.25) is 4.79 Å². The van der Waals surface area contributed by atoms with E-state index in [1.807, 2.05) is 0 Å². The Morgan fingerprint density at radius 1 is 1.15 bits per heavy atom. The first-order chi connectivity index (χ1) is 12.7. The van der Waals surface area contributed by atoms with Crippen LogP contribution in [0, 0.1) is 0 Å². The summed E-state index contributed by atoms with van der Waals surface area (Å²) in [6.45, 7) is -0.174. The minimum Gasteiger partial charge on any atom is -0.484 e. The fourth-order valence-corrected chi connectivity index (χ4v) is 2.16. The average Bonchev–Trinajstić information content (AvgIpc) is 3.21. The van der Waals surface area contributed by atoms with Crippen molar-refractivity contribution in [2.45, 2.75) is 0 Å². The van der Waals surface area contributed by atoms with Crippen LogP contribution >= 0.6 is 0 Å². The number of benzene rings is 2. The molecule has 132 valence electrons. The summed E-state index contributed by atoms with van der Waals surface area (Å²) < 4.78 is 11.6. The number of methoxy groups -OCH3 is 1. The van der Waals surface area contributed by atoms with Gasteiger partial charge in [-0.15, -0.1) is 5.10 Å². The molecule has 3 aromatic rings. The molecule has 9 heteroatoms. The lowest BCUT2D eigenvalue weighted by molar-refractivity contribution is -0.118. The minimum absolute atomic E-state index is 0.174. The summed E-state index contributed by atoms with van der Waals surface area (Å²) in [6, 6.07) is 13.4. The van der Waals surface area contributed by atoms with Crippen LogP contribution < -0.4 is 10.1 Å². The number of ether oxygens (including phenoxy) is 2. The number of anilines is 1. The highest BCUT2D eigenvalue weighted by atomic mass is 16.5. The van der Waals surface area contributed by atoms with E-state index in [4.69, 9.17) is 4.74 Å². The molecular weight excluding hydrogens is 338 g/mol. The third-order valence-corrected chi connectivity index (χ3v) is 3.39. The maximum absolute atomic E-state index is 12.0. The maximum atomic E-state index is 12.0. The first kappa shape index (κ1) is 17.1. The Kier molecular flexibility index (Phi) is 5.18. The zero-order valence-electron chi connectivity index (χ0n) is 13.8. The van der Waals surface area contributed by atoms with Crippen LogP contribution in [-0.4, -0.2) is 45.8 Å². The molecule has 26 heavy (non-hydrogen) atoms. The molecule has 9 nitrogen and oxygen atoms in total. The summed E-state index contributed by atoms with van der Waals surface area (Å²) in [7, 11) is 1.30. The van der Waals surface area contributed by atoms with E-state index in [1.165, 1.54) is 24.2 Å². The van der Waals surface area contributed by atoms with Crippen LogP contribution in [-0.2, 0) is 9.53 Å². The lowest BCUT2D eigenvalue weighted by Gasteiger charge is -2.09. The van der Waals surface area contributed by atoms with Crippen molar-refractivity contribution in [3.05, 3.63) is 60.4 Å². The van der Waals surface area contributed by atoms with Gasteiger partial charge >= 0.3 is 5.97 Å². The highest BCUT2D eigenvalue weighted by Crippen LogP contribution is 2.15. The summed E-state index contributed by atoms with van der Waals surface area (Å²) in [5.74, 6) is -0.295. The van der Waals surface area contributed by atoms with Gasteiger partial charge in [-0.05, 0) is 52.9 Å². The Labute approximate surface area is 148 Å². The molecule has 0 saturated carbocycles. The third kappa shape index (κ3) is 4.20. The Morgan fingerprint density at radius 2 is 1.96 bits per heavy atom. The Hall–Kier alpha value is -3.75. The van der Waals surface area contributed by atoms with E-state index in [9.17, 15) is 9.59 Å². The zero-order valence-corrected chi connectivity index (χ0v) is 13.8. The van der Waals surface area contributed by atoms with Gasteiger partial charge in [-0.25, -0.2) is 9.48 Å². The van der Waals surface area contributed by atoms with E-state index in [2.05, 4.69) is 25.6 Å². The number of rotatable bonds is 6. The van der Waals surface area contributed by atoms with Crippen LogP contribution in [0.2, 0.25) is 0 Å². The molecule has 1 amide bonds. The van der Waals surface area contributed by atoms with Gasteiger partial charge in [0.05, 0.1) is 18.4 Å². The molecule has 0 aliphatic heterocycles. The van der Waals surface area contributed by atoms with Crippen LogP contribution in [0.5, 0.6) is 5.75 Å². The molecule has 0 spiro atoms. The molecule has 2 aromatic carbocycles. The highest BCUT2D eigenvalue weighted by molar-refractivity contribution is 5.95. The molecule has 1 N–H and O–H groups in total. The number of nitrogens with zero attached hydrogens (tertiary/aromatic N) is 4. The van der Waals surface area contributed by atoms with E-state index in [0.29, 0.717) is 17.0 Å². The number of carbonyl (C=O) groups is 2. The molecule has 0 unspecified atom stereocenters. The number of carbonyl (C=O) groups excluding carboxylic acids is 2. The van der Waals surface area contributed by atoms with E-state index in [0.717, 1.165) is 5.69 Å². The van der Waals surface area contributed by atoms with Crippen LogP contribution in [0.3, 0.4) is 0 Å². The van der Waals surface area contributed by atoms with E-state index >= 15 is 0 Å². The standard InChI is InChI=1S/C17H15N5O4/c1-25-17(24)12-3-2-4-13(9-12)19-16(23)10-26-15-7-5-14(6-8-15)22-11-18-20-21-22/h2-9,11H,10H2,1H3,(H,19,23). The second-order valence-corrected chi connectivity index (χ2v) is 5.16. The average molecular weight is 353 g/mol. The first-order valence-electron chi connectivity index (χ1n) is 7.60. The summed E-state index contributed by atoms with van der Waals surface area (Å²) in [5.41, 5.74) is 1.60. The van der Waals surface area contributed by atoms with E-state index < -0.39 is 5.97 Å². The fraction of sp³-hybridized carbons (Fsp3) is 0.118. The predicted molar refractivity (Wildman–Crippen MR) is 91.1 cm³/mol. The largest absolute Gasteiger partial charge is 0.484 e. The van der Waals surface area contributed by atoms with Crippen molar-refractivity contribution in [2.24, 2.45) is 0 Å². The normalized spacial score (nSPS) is 10.2. The molecule has 0 atom stereocenters. The summed E-state index contributed by atoms with van der Waals surface area (Å²) in [6.07, 6.45) is 1.48. The van der Waals surface area contributed by atoms with Crippen molar-refractivity contribution in [2.75, 3.05) is 19.0 Å². The lowest BCUT2D eigenvalue weighted by atomic mass is 10.2. The third-order valence-electron chi connectivity index (χ3n) is 3.39. The van der Waals surface area contributed by atoms with Gasteiger partial charge < -0.3 is 14.8 Å². The van der Waals surface area contributed by atoms with Gasteiger partial charge in [-0.2, -0.15) is 0 Å². The van der Waals surface area contributed by atoms with Crippen LogP contribution in [0.15, 0.2) is 54.9 Å². The van der Waals surface area contributed by atoms with Gasteiger partial charge in [0, 0.05) is 5.69 Å². The van der Waals surface area contributed by atoms with Crippen molar-refractivity contribution in [3.63, 3.8) is 0 Å². The molecule has 0 aliphatic carbocycles. The highest BCUT2D eigenvalue weighted by Gasteiger charge is 2.08. The molecule has 0 radical (unpaired) electrons. The lowest BCUT2D eigenvalue weighted by Crippen LogP contribution is -2.20. The van der Waals surface area contributed by atoms with Crippen molar-refractivity contribution in [1.29, 1.82) is 0 Å². The van der Waals surface area contributed by atoms with Gasteiger partial charge in [0.15, 0.2) is 6.61 Å². The van der Waals surface area contributed by atoms with E-state index in [1.54, 1.807) is 42.5 Å². The summed E-state index contributed by atoms with van der Waals surface area (Å²) in [4.78, 5) is 23.5. The number of hydrogen-bond donors (Lipinski definition) is 1. The number of aromatic nitrogens is 4. The predicted octanol–water partition coefficient (Wildman–Crippen LogP) is 1.47. The molecule has 3 rings (SSSR count). The van der Waals surface area contributed by atoms with Gasteiger partial charge in [0.1, 0.15) is 12.1 Å². The van der Waals surface area contributed by atoms with Crippen molar-refractivity contribution < 1.29 is 19.1 Å². The van der Waals surface area contributed by atoms with Crippen LogP contribution in [0.25, 0.3) is 5.69 Å². The SMILES string of the molecule is COC(=O)c1cccc(NC(=O)COc2ccc(-n3cnnn3)cc2)c1. The van der Waals surface area contributed by atoms with Crippen molar-refractivity contribution >= 4 is 17.6 Å². The number of hydrogen-bond acceptors (Lipinski definition) is 7. The number of tetrazole rings is 1. The second kappa shape index (κ2) is 7.88. The monoisotopic (exact) mass is 353 g/mol. The smallest absolute Gasteiger partial charge is 0.337 e. The Morgan fingerprint density at radius 3 is 2.65 bits per heavy atom. The maximum Gasteiger partial charge on any atom is 0.337 e. The fourth-order valence-electron chi connectivity index (χ4n) is 2.16. The van der Waals surface area contributed by atoms with Crippen molar-refractivity contribution in [3.8, 4) is 11.4 Å². The second-order valence-electron chi connectivity index (χ2n) is 5.16. The number of nitrogens with one attached hydrogen (secondary N) is 1. The minimum atomic E-state index is -0.472. The molecule has 1 aromatic heterocycles. The summed E-state index contributed by atoms with van der Waals surface area (Å²) in [5, 5.41) is 13.6. The molecule has 1 heterocycles. The van der Waals surface area contributed by atoms with Crippen molar-refractivity contribution in [1.82, 2.24) is 20.2 Å². The molecular formula is C17H15N5O4. The molecule has 0 fully saturated rings. The topological polar surface area (TPSA) is 108 Å². The number of esters is 1. The van der Waals surface area contributed by atoms with Crippen LogP contribution in [0.1, 0.15) is 10.4 Å². The number of amides is 1. The molecule has 0 bridgehead atoms. The van der Waals surface area contributed by atoms with Gasteiger partial charge in [0.25, 0.3) is 5.91 Å². The van der Waals surface area contributed by atoms with Gasteiger partial charge in [0.2, 0.25) is 0 Å². The zero-order chi connectivity index (χ0) is 18.4. The molecule has 0 aliphatic rings. The quantitative estimate of drug-likeness (QED) is 0.668. The Bertz CT molecular complexity index is 894. The Balaban J connectivity index is 1.55. The molecule has 0 saturated heterocycles. The van der Waals surface area contributed by atoms with E-state index in [-0.39, 0.29) is 12.5 Å². The van der Waals surface area contributed by atoms with Gasteiger partial charge in [-0.1, -0.05) is 6.07 Å².